The Morgan fingerprint density at radius 2 is 1.92 bits per heavy atom. The third-order valence-corrected chi connectivity index (χ3v) is 4.66. The van der Waals surface area contributed by atoms with E-state index in [9.17, 15) is 14.7 Å². The summed E-state index contributed by atoms with van der Waals surface area (Å²) in [7, 11) is 3.33. The van der Waals surface area contributed by atoms with Crippen LogP contribution < -0.4 is 4.74 Å². The Hall–Kier alpha value is -2.47. The molecule has 0 aromatic heterocycles. The van der Waals surface area contributed by atoms with Crippen LogP contribution in [0.5, 0.6) is 5.75 Å². The third-order valence-electron chi connectivity index (χ3n) is 3.88. The van der Waals surface area contributed by atoms with E-state index in [1.807, 2.05) is 24.5 Å². The van der Waals surface area contributed by atoms with Crippen molar-refractivity contribution in [3.8, 4) is 5.75 Å². The van der Waals surface area contributed by atoms with Crippen molar-refractivity contribution < 1.29 is 19.4 Å². The Labute approximate surface area is 151 Å². The highest BCUT2D eigenvalue weighted by Gasteiger charge is 2.16. The number of amides is 1. The summed E-state index contributed by atoms with van der Waals surface area (Å²) in [5.41, 5.74) is 1.63. The van der Waals surface area contributed by atoms with Gasteiger partial charge >= 0.3 is 5.97 Å². The van der Waals surface area contributed by atoms with Gasteiger partial charge in [0.2, 0.25) is 5.91 Å². The van der Waals surface area contributed by atoms with Crippen molar-refractivity contribution >= 4 is 23.6 Å². The van der Waals surface area contributed by atoms with E-state index in [0.29, 0.717) is 12.1 Å². The lowest BCUT2D eigenvalue weighted by Gasteiger charge is -2.19. The first-order valence-corrected chi connectivity index (χ1v) is 8.94. The molecule has 1 amide bonds. The van der Waals surface area contributed by atoms with E-state index in [4.69, 9.17) is 4.74 Å². The number of rotatable bonds is 7. The molecular formula is C19H21NO4S. The molecule has 0 bridgehead atoms. The Bertz CT molecular complexity index is 776. The average molecular weight is 359 g/mol. The number of methoxy groups -OCH3 is 1. The van der Waals surface area contributed by atoms with Gasteiger partial charge in [0, 0.05) is 18.5 Å². The second-order valence-corrected chi connectivity index (χ2v) is 6.43. The Morgan fingerprint density at radius 3 is 2.56 bits per heavy atom. The monoisotopic (exact) mass is 359 g/mol. The average Bonchev–Trinajstić information content (AvgIpc) is 2.61. The predicted octanol–water partition coefficient (Wildman–Crippen LogP) is 3.32. The summed E-state index contributed by atoms with van der Waals surface area (Å²) >= 11 is 1.60. The normalized spacial score (nSPS) is 10.4. The molecule has 2 rings (SSSR count). The molecular weight excluding hydrogens is 338 g/mol. The number of carboxylic acid groups (broad SMARTS) is 1. The van der Waals surface area contributed by atoms with Gasteiger partial charge in [-0.05, 0) is 35.6 Å². The molecule has 0 radical (unpaired) electrons. The van der Waals surface area contributed by atoms with Gasteiger partial charge in [0.1, 0.15) is 5.75 Å². The summed E-state index contributed by atoms with van der Waals surface area (Å²) in [5, 5.41) is 9.22. The maximum atomic E-state index is 12.5. The minimum atomic E-state index is -1.02. The number of nitrogens with zero attached hydrogens (tertiary/aromatic N) is 1. The van der Waals surface area contributed by atoms with Gasteiger partial charge in [0.05, 0.1) is 19.1 Å². The lowest BCUT2D eigenvalue weighted by Crippen LogP contribution is -2.28. The quantitative estimate of drug-likeness (QED) is 0.768. The molecule has 2 aromatic rings. The largest absolute Gasteiger partial charge is 0.496 e. The Morgan fingerprint density at radius 1 is 1.20 bits per heavy atom. The summed E-state index contributed by atoms with van der Waals surface area (Å²) in [6.07, 6.45) is 2.03. The van der Waals surface area contributed by atoms with Gasteiger partial charge in [0.15, 0.2) is 0 Å². The molecule has 6 heteroatoms. The molecule has 0 unspecified atom stereocenters. The first kappa shape index (κ1) is 18.9. The minimum absolute atomic E-state index is 0.0546. The zero-order valence-corrected chi connectivity index (χ0v) is 15.3. The maximum Gasteiger partial charge on any atom is 0.335 e. The fourth-order valence-electron chi connectivity index (χ4n) is 2.52. The topological polar surface area (TPSA) is 66.8 Å². The Balaban J connectivity index is 2.10. The summed E-state index contributed by atoms with van der Waals surface area (Å²) in [6.45, 7) is 0.430. The predicted molar refractivity (Wildman–Crippen MR) is 98.4 cm³/mol. The van der Waals surface area contributed by atoms with Crippen molar-refractivity contribution in [2.24, 2.45) is 0 Å². The van der Waals surface area contributed by atoms with Crippen LogP contribution in [0.25, 0.3) is 0 Å². The molecule has 2 aromatic carbocycles. The van der Waals surface area contributed by atoms with E-state index in [0.717, 1.165) is 16.2 Å². The van der Waals surface area contributed by atoms with Gasteiger partial charge in [-0.2, -0.15) is 0 Å². The minimum Gasteiger partial charge on any atom is -0.496 e. The zero-order valence-electron chi connectivity index (χ0n) is 14.5. The van der Waals surface area contributed by atoms with E-state index in [1.54, 1.807) is 49.0 Å². The van der Waals surface area contributed by atoms with Gasteiger partial charge in [-0.1, -0.05) is 24.3 Å². The molecule has 132 valence electrons. The molecule has 1 N–H and O–H groups in total. The second-order valence-electron chi connectivity index (χ2n) is 5.58. The van der Waals surface area contributed by atoms with Crippen molar-refractivity contribution in [3.05, 3.63) is 59.2 Å². The van der Waals surface area contributed by atoms with Crippen LogP contribution >= 0.6 is 11.8 Å². The van der Waals surface area contributed by atoms with Gasteiger partial charge < -0.3 is 14.7 Å². The summed E-state index contributed by atoms with van der Waals surface area (Å²) < 4.78 is 5.37. The zero-order chi connectivity index (χ0) is 18.4. The number of carbonyl (C=O) groups is 2. The van der Waals surface area contributed by atoms with E-state index < -0.39 is 5.97 Å². The van der Waals surface area contributed by atoms with E-state index >= 15 is 0 Å². The van der Waals surface area contributed by atoms with E-state index in [2.05, 4.69) is 0 Å². The summed E-state index contributed by atoms with van der Waals surface area (Å²) in [6, 6.07) is 12.4. The SMILES string of the molecule is COc1cc(CN(C)C(=O)Cc2ccccc2C(=O)O)ccc1SC. The summed E-state index contributed by atoms with van der Waals surface area (Å²) in [5.74, 6) is -0.382. The third kappa shape index (κ3) is 4.76. The molecule has 0 aliphatic carbocycles. The van der Waals surface area contributed by atoms with Crippen LogP contribution in [0.15, 0.2) is 47.4 Å². The maximum absolute atomic E-state index is 12.5. The van der Waals surface area contributed by atoms with Crippen molar-refractivity contribution in [2.75, 3.05) is 20.4 Å². The number of hydrogen-bond donors (Lipinski definition) is 1. The molecule has 0 saturated heterocycles. The fourth-order valence-corrected chi connectivity index (χ4v) is 3.07. The number of carboxylic acids is 1. The standard InChI is InChI=1S/C19H21NO4S/c1-20(12-13-8-9-17(25-3)16(10-13)24-2)18(21)11-14-6-4-5-7-15(14)19(22)23/h4-10H,11-12H2,1-3H3,(H,22,23). The smallest absolute Gasteiger partial charge is 0.335 e. The Kier molecular flexibility index (Phi) is 6.47. The van der Waals surface area contributed by atoms with Crippen LogP contribution in [0.3, 0.4) is 0 Å². The lowest BCUT2D eigenvalue weighted by molar-refractivity contribution is -0.129. The van der Waals surface area contributed by atoms with Crippen molar-refractivity contribution in [1.82, 2.24) is 4.90 Å². The number of thioether (sulfide) groups is 1. The van der Waals surface area contributed by atoms with Crippen LogP contribution in [0, 0.1) is 0 Å². The van der Waals surface area contributed by atoms with Crippen molar-refractivity contribution in [2.45, 2.75) is 17.9 Å². The molecule has 0 saturated carbocycles. The van der Waals surface area contributed by atoms with Crippen LogP contribution in [-0.2, 0) is 17.8 Å². The number of hydrogen-bond acceptors (Lipinski definition) is 4. The van der Waals surface area contributed by atoms with Crippen molar-refractivity contribution in [1.29, 1.82) is 0 Å². The summed E-state index contributed by atoms with van der Waals surface area (Å²) in [4.78, 5) is 26.3. The van der Waals surface area contributed by atoms with Gasteiger partial charge in [-0.15, -0.1) is 11.8 Å². The molecule has 0 spiro atoms. The number of carbonyl (C=O) groups excluding carboxylic acids is 1. The van der Waals surface area contributed by atoms with Gasteiger partial charge in [0.25, 0.3) is 0 Å². The highest BCUT2D eigenvalue weighted by Crippen LogP contribution is 2.28. The van der Waals surface area contributed by atoms with Crippen LogP contribution in [0.1, 0.15) is 21.5 Å². The fraction of sp³-hybridized carbons (Fsp3) is 0.263. The van der Waals surface area contributed by atoms with Crippen LogP contribution in [-0.4, -0.2) is 42.3 Å². The second kappa shape index (κ2) is 8.58. The number of aromatic carboxylic acids is 1. The number of ether oxygens (including phenoxy) is 1. The van der Waals surface area contributed by atoms with Gasteiger partial charge in [-0.3, -0.25) is 4.79 Å². The number of likely N-dealkylation sites (N-methyl/N-ethyl adjacent to an activating group) is 1. The van der Waals surface area contributed by atoms with Gasteiger partial charge in [-0.25, -0.2) is 4.79 Å². The van der Waals surface area contributed by atoms with Crippen LogP contribution in [0.4, 0.5) is 0 Å². The molecule has 0 aliphatic rings. The van der Waals surface area contributed by atoms with E-state index in [-0.39, 0.29) is 17.9 Å². The highest BCUT2D eigenvalue weighted by molar-refractivity contribution is 7.98. The molecule has 0 heterocycles. The molecule has 0 fully saturated rings. The molecule has 25 heavy (non-hydrogen) atoms. The highest BCUT2D eigenvalue weighted by atomic mass is 32.2. The molecule has 0 atom stereocenters. The molecule has 0 aliphatic heterocycles. The first-order chi connectivity index (χ1) is 12.0. The first-order valence-electron chi connectivity index (χ1n) is 7.72. The lowest BCUT2D eigenvalue weighted by atomic mass is 10.0. The molecule has 5 nitrogen and oxygen atoms in total. The van der Waals surface area contributed by atoms with Crippen LogP contribution in [0.2, 0.25) is 0 Å². The van der Waals surface area contributed by atoms with Crippen molar-refractivity contribution in [3.63, 3.8) is 0 Å². The number of benzene rings is 2. The van der Waals surface area contributed by atoms with E-state index in [1.165, 1.54) is 6.07 Å².